The number of hydrogen-bond donors (Lipinski definition) is 3. The highest BCUT2D eigenvalue weighted by atomic mass is 16.3. The molecule has 0 radical (unpaired) electrons. The summed E-state index contributed by atoms with van der Waals surface area (Å²) in [6, 6.07) is 6.27. The lowest BCUT2D eigenvalue weighted by Gasteiger charge is -2.16. The predicted octanol–water partition coefficient (Wildman–Crippen LogP) is 1.92. The van der Waals surface area contributed by atoms with Gasteiger partial charge in [-0.1, -0.05) is 23.8 Å². The first-order valence-electron chi connectivity index (χ1n) is 6.74. The number of amides is 2. The zero-order valence-electron chi connectivity index (χ0n) is 12.0. The second kappa shape index (κ2) is 7.79. The first-order valence-corrected chi connectivity index (χ1v) is 6.74. The fraction of sp³-hybridized carbons (Fsp3) is 0.533. The summed E-state index contributed by atoms with van der Waals surface area (Å²) in [5.41, 5.74) is 3.77. The molecule has 0 spiro atoms. The zero-order valence-corrected chi connectivity index (χ0v) is 12.0. The minimum absolute atomic E-state index is 0.0792. The molecule has 19 heavy (non-hydrogen) atoms. The third-order valence-electron chi connectivity index (χ3n) is 3.02. The van der Waals surface area contributed by atoms with E-state index in [1.807, 2.05) is 6.92 Å². The Balaban J connectivity index is 2.42. The van der Waals surface area contributed by atoms with Gasteiger partial charge < -0.3 is 15.7 Å². The fourth-order valence-electron chi connectivity index (χ4n) is 2.01. The SMILES string of the molecule is Cc1ccc(CC(C)NC(=O)NCCCO)c(C)c1. The van der Waals surface area contributed by atoms with Gasteiger partial charge in [0.2, 0.25) is 0 Å². The van der Waals surface area contributed by atoms with Gasteiger partial charge in [-0.2, -0.15) is 0 Å². The van der Waals surface area contributed by atoms with Crippen LogP contribution in [0.3, 0.4) is 0 Å². The second-order valence-corrected chi connectivity index (χ2v) is 5.01. The molecule has 1 rings (SSSR count). The second-order valence-electron chi connectivity index (χ2n) is 5.01. The molecule has 0 aliphatic heterocycles. The highest BCUT2D eigenvalue weighted by molar-refractivity contribution is 5.74. The van der Waals surface area contributed by atoms with Crippen LogP contribution >= 0.6 is 0 Å². The minimum Gasteiger partial charge on any atom is -0.396 e. The molecular weight excluding hydrogens is 240 g/mol. The highest BCUT2D eigenvalue weighted by Gasteiger charge is 2.09. The molecule has 2 amide bonds. The Morgan fingerprint density at radius 1 is 1.37 bits per heavy atom. The topological polar surface area (TPSA) is 61.4 Å². The van der Waals surface area contributed by atoms with Crippen LogP contribution in [-0.4, -0.2) is 30.3 Å². The number of rotatable bonds is 6. The Hall–Kier alpha value is -1.55. The quantitative estimate of drug-likeness (QED) is 0.687. The van der Waals surface area contributed by atoms with Gasteiger partial charge in [-0.15, -0.1) is 0 Å². The number of hydrogen-bond acceptors (Lipinski definition) is 2. The van der Waals surface area contributed by atoms with Crippen molar-refractivity contribution in [3.05, 3.63) is 34.9 Å². The Labute approximate surface area is 115 Å². The maximum absolute atomic E-state index is 11.6. The van der Waals surface area contributed by atoms with E-state index in [1.165, 1.54) is 16.7 Å². The lowest BCUT2D eigenvalue weighted by Crippen LogP contribution is -2.42. The van der Waals surface area contributed by atoms with Crippen molar-refractivity contribution in [3.8, 4) is 0 Å². The lowest BCUT2D eigenvalue weighted by atomic mass is 10.00. The number of benzene rings is 1. The van der Waals surface area contributed by atoms with Crippen molar-refractivity contribution in [2.45, 2.75) is 39.7 Å². The number of carbonyl (C=O) groups excluding carboxylic acids is 1. The van der Waals surface area contributed by atoms with Gasteiger partial charge >= 0.3 is 6.03 Å². The zero-order chi connectivity index (χ0) is 14.3. The molecule has 1 atom stereocenters. The van der Waals surface area contributed by atoms with E-state index < -0.39 is 0 Å². The molecular formula is C15H24N2O2. The van der Waals surface area contributed by atoms with Crippen LogP contribution in [-0.2, 0) is 6.42 Å². The summed E-state index contributed by atoms with van der Waals surface area (Å²) in [6.45, 7) is 6.76. The molecule has 0 fully saturated rings. The standard InChI is InChI=1S/C15H24N2O2/c1-11-5-6-14(12(2)9-11)10-13(3)17-15(19)16-7-4-8-18/h5-6,9,13,18H,4,7-8,10H2,1-3H3,(H2,16,17,19). The smallest absolute Gasteiger partial charge is 0.315 e. The van der Waals surface area contributed by atoms with Crippen molar-refractivity contribution >= 4 is 6.03 Å². The average Bonchev–Trinajstić information content (AvgIpc) is 2.33. The number of aliphatic hydroxyl groups excluding tert-OH is 1. The first kappa shape index (κ1) is 15.5. The molecule has 3 N–H and O–H groups in total. The summed E-state index contributed by atoms with van der Waals surface area (Å²) in [7, 11) is 0. The van der Waals surface area contributed by atoms with E-state index in [0.29, 0.717) is 13.0 Å². The van der Waals surface area contributed by atoms with Crippen molar-refractivity contribution in [2.24, 2.45) is 0 Å². The van der Waals surface area contributed by atoms with Crippen LogP contribution in [0.2, 0.25) is 0 Å². The molecule has 4 nitrogen and oxygen atoms in total. The van der Waals surface area contributed by atoms with Gasteiger partial charge in [-0.25, -0.2) is 4.79 Å². The van der Waals surface area contributed by atoms with E-state index in [9.17, 15) is 4.79 Å². The maximum atomic E-state index is 11.6. The van der Waals surface area contributed by atoms with E-state index in [2.05, 4.69) is 42.7 Å². The van der Waals surface area contributed by atoms with Crippen LogP contribution in [0, 0.1) is 13.8 Å². The van der Waals surface area contributed by atoms with E-state index in [-0.39, 0.29) is 18.7 Å². The number of nitrogens with one attached hydrogen (secondary N) is 2. The molecule has 1 aromatic rings. The Morgan fingerprint density at radius 3 is 2.74 bits per heavy atom. The summed E-state index contributed by atoms with van der Waals surface area (Å²) < 4.78 is 0. The molecule has 0 aromatic heterocycles. The Morgan fingerprint density at radius 2 is 2.11 bits per heavy atom. The van der Waals surface area contributed by atoms with Crippen LogP contribution in [0.25, 0.3) is 0 Å². The number of aliphatic hydroxyl groups is 1. The van der Waals surface area contributed by atoms with Gasteiger partial charge in [-0.3, -0.25) is 0 Å². The summed E-state index contributed by atoms with van der Waals surface area (Å²) in [4.78, 5) is 11.6. The molecule has 1 unspecified atom stereocenters. The van der Waals surface area contributed by atoms with Crippen molar-refractivity contribution in [1.29, 1.82) is 0 Å². The van der Waals surface area contributed by atoms with Crippen molar-refractivity contribution in [3.63, 3.8) is 0 Å². The van der Waals surface area contributed by atoms with Gasteiger partial charge in [0, 0.05) is 19.2 Å². The highest BCUT2D eigenvalue weighted by Crippen LogP contribution is 2.12. The van der Waals surface area contributed by atoms with Crippen LogP contribution in [0.5, 0.6) is 0 Å². The third-order valence-corrected chi connectivity index (χ3v) is 3.02. The molecule has 106 valence electrons. The predicted molar refractivity (Wildman–Crippen MR) is 77.3 cm³/mol. The van der Waals surface area contributed by atoms with Crippen molar-refractivity contribution in [1.82, 2.24) is 10.6 Å². The van der Waals surface area contributed by atoms with E-state index in [1.54, 1.807) is 0 Å². The van der Waals surface area contributed by atoms with Gasteiger partial charge in [0.1, 0.15) is 0 Å². The van der Waals surface area contributed by atoms with Gasteiger partial charge in [0.15, 0.2) is 0 Å². The normalized spacial score (nSPS) is 12.0. The molecule has 0 saturated heterocycles. The van der Waals surface area contributed by atoms with Crippen LogP contribution in [0.4, 0.5) is 4.79 Å². The summed E-state index contributed by atoms with van der Waals surface area (Å²) in [6.07, 6.45) is 1.40. The molecule has 0 saturated carbocycles. The molecule has 0 aliphatic rings. The number of carbonyl (C=O) groups is 1. The van der Waals surface area contributed by atoms with Gasteiger partial charge in [0.05, 0.1) is 0 Å². The molecule has 4 heteroatoms. The molecule has 1 aromatic carbocycles. The maximum Gasteiger partial charge on any atom is 0.315 e. The summed E-state index contributed by atoms with van der Waals surface area (Å²) in [5, 5.41) is 14.2. The third kappa shape index (κ3) is 5.75. The van der Waals surface area contributed by atoms with E-state index >= 15 is 0 Å². The van der Waals surface area contributed by atoms with E-state index in [4.69, 9.17) is 5.11 Å². The monoisotopic (exact) mass is 264 g/mol. The number of aryl methyl sites for hydroxylation is 2. The van der Waals surface area contributed by atoms with Crippen LogP contribution in [0.1, 0.15) is 30.0 Å². The molecule has 0 aliphatic carbocycles. The summed E-state index contributed by atoms with van der Waals surface area (Å²) in [5.74, 6) is 0. The fourth-order valence-corrected chi connectivity index (χ4v) is 2.01. The largest absolute Gasteiger partial charge is 0.396 e. The Bertz CT molecular complexity index is 419. The van der Waals surface area contributed by atoms with Crippen molar-refractivity contribution in [2.75, 3.05) is 13.2 Å². The average molecular weight is 264 g/mol. The summed E-state index contributed by atoms with van der Waals surface area (Å²) >= 11 is 0. The van der Waals surface area contributed by atoms with Crippen LogP contribution in [0.15, 0.2) is 18.2 Å². The Kier molecular flexibility index (Phi) is 6.36. The van der Waals surface area contributed by atoms with Gasteiger partial charge in [-0.05, 0) is 44.7 Å². The lowest BCUT2D eigenvalue weighted by molar-refractivity contribution is 0.235. The van der Waals surface area contributed by atoms with Gasteiger partial charge in [0.25, 0.3) is 0 Å². The van der Waals surface area contributed by atoms with E-state index in [0.717, 1.165) is 6.42 Å². The molecule has 0 bridgehead atoms. The molecule has 0 heterocycles. The van der Waals surface area contributed by atoms with Crippen molar-refractivity contribution < 1.29 is 9.90 Å². The first-order chi connectivity index (χ1) is 9.02. The minimum atomic E-state index is -0.175. The number of urea groups is 1. The van der Waals surface area contributed by atoms with Crippen LogP contribution < -0.4 is 10.6 Å².